The minimum Gasteiger partial charge on any atom is -0.497 e. The summed E-state index contributed by atoms with van der Waals surface area (Å²) in [6.07, 6.45) is 0. The zero-order valence-electron chi connectivity index (χ0n) is 14.8. The van der Waals surface area contributed by atoms with Crippen LogP contribution in [0.3, 0.4) is 0 Å². The highest BCUT2D eigenvalue weighted by Gasteiger charge is 2.10. The first kappa shape index (κ1) is 18.1. The molecule has 0 amide bonds. The Morgan fingerprint density at radius 2 is 1.62 bits per heavy atom. The first-order valence-electron chi connectivity index (χ1n) is 7.80. The van der Waals surface area contributed by atoms with Crippen LogP contribution in [0.2, 0.25) is 0 Å². The molecule has 0 aliphatic heterocycles. The average molecular weight is 344 g/mol. The minimum absolute atomic E-state index is 0.109. The highest BCUT2D eigenvalue weighted by atomic mass is 32.1. The highest BCUT2D eigenvalue weighted by molar-refractivity contribution is 7.80. The molecule has 0 aliphatic rings. The minimum atomic E-state index is 0.109. The van der Waals surface area contributed by atoms with Crippen LogP contribution in [0.5, 0.6) is 11.5 Å². The largest absolute Gasteiger partial charge is 0.497 e. The Kier molecular flexibility index (Phi) is 6.04. The number of anilines is 1. The lowest BCUT2D eigenvalue weighted by molar-refractivity contribution is 0.395. The van der Waals surface area contributed by atoms with Gasteiger partial charge in [0.15, 0.2) is 5.11 Å². The maximum atomic E-state index is 5.44. The summed E-state index contributed by atoms with van der Waals surface area (Å²) in [5.41, 5.74) is 4.55. The first-order valence-corrected chi connectivity index (χ1v) is 8.21. The third-order valence-corrected chi connectivity index (χ3v) is 4.07. The Hall–Kier alpha value is -2.27. The molecule has 1 unspecified atom stereocenters. The van der Waals surface area contributed by atoms with E-state index in [-0.39, 0.29) is 6.04 Å². The summed E-state index contributed by atoms with van der Waals surface area (Å²) in [6.45, 7) is 6.30. The lowest BCUT2D eigenvalue weighted by Gasteiger charge is -2.20. The van der Waals surface area contributed by atoms with Gasteiger partial charge in [-0.05, 0) is 44.1 Å². The van der Waals surface area contributed by atoms with Crippen LogP contribution < -0.4 is 20.1 Å². The van der Waals surface area contributed by atoms with E-state index in [1.807, 2.05) is 18.2 Å². The molecule has 0 saturated heterocycles. The second-order valence-electron chi connectivity index (χ2n) is 5.78. The van der Waals surface area contributed by atoms with E-state index in [0.717, 1.165) is 5.69 Å². The maximum Gasteiger partial charge on any atom is 0.171 e. The topological polar surface area (TPSA) is 42.5 Å². The van der Waals surface area contributed by atoms with Gasteiger partial charge in [0.05, 0.1) is 20.3 Å². The van der Waals surface area contributed by atoms with Gasteiger partial charge in [-0.15, -0.1) is 0 Å². The summed E-state index contributed by atoms with van der Waals surface area (Å²) in [6, 6.07) is 12.1. The van der Waals surface area contributed by atoms with Crippen LogP contribution >= 0.6 is 12.2 Å². The van der Waals surface area contributed by atoms with Crippen LogP contribution in [0.1, 0.15) is 29.7 Å². The molecule has 2 rings (SSSR count). The molecule has 0 radical (unpaired) electrons. The Labute approximate surface area is 149 Å². The molecule has 0 fully saturated rings. The van der Waals surface area contributed by atoms with Crippen LogP contribution in [0.25, 0.3) is 0 Å². The Balaban J connectivity index is 2.07. The molecule has 0 aliphatic carbocycles. The lowest BCUT2D eigenvalue weighted by atomic mass is 10.0. The van der Waals surface area contributed by atoms with Gasteiger partial charge in [-0.1, -0.05) is 23.8 Å². The van der Waals surface area contributed by atoms with E-state index in [2.05, 4.69) is 49.6 Å². The van der Waals surface area contributed by atoms with Crippen molar-refractivity contribution in [2.75, 3.05) is 19.5 Å². The van der Waals surface area contributed by atoms with Crippen molar-refractivity contribution in [2.24, 2.45) is 0 Å². The van der Waals surface area contributed by atoms with Gasteiger partial charge in [-0.25, -0.2) is 0 Å². The molecule has 2 N–H and O–H groups in total. The Morgan fingerprint density at radius 3 is 2.17 bits per heavy atom. The zero-order valence-corrected chi connectivity index (χ0v) is 15.6. The summed E-state index contributed by atoms with van der Waals surface area (Å²) in [5, 5.41) is 7.06. The fourth-order valence-electron chi connectivity index (χ4n) is 2.63. The van der Waals surface area contributed by atoms with E-state index >= 15 is 0 Å². The zero-order chi connectivity index (χ0) is 17.7. The third kappa shape index (κ3) is 4.61. The maximum absolute atomic E-state index is 5.44. The summed E-state index contributed by atoms with van der Waals surface area (Å²) in [7, 11) is 3.24. The number of rotatable bonds is 5. The number of aryl methyl sites for hydroxylation is 2. The fraction of sp³-hybridized carbons (Fsp3) is 0.316. The van der Waals surface area contributed by atoms with Crippen LogP contribution in [0.15, 0.2) is 36.4 Å². The number of nitrogens with one attached hydrogen (secondary N) is 2. The molecule has 5 heteroatoms. The van der Waals surface area contributed by atoms with Crippen LogP contribution in [0.4, 0.5) is 5.69 Å². The SMILES string of the molecule is COc1cc(NC(=S)NC(C)c2ccc(C)cc2C)cc(OC)c1. The van der Waals surface area contributed by atoms with Crippen molar-refractivity contribution in [3.8, 4) is 11.5 Å². The second-order valence-corrected chi connectivity index (χ2v) is 6.19. The summed E-state index contributed by atoms with van der Waals surface area (Å²) in [4.78, 5) is 0. The number of thiocarbonyl (C=S) groups is 1. The van der Waals surface area contributed by atoms with Gasteiger partial charge in [0.25, 0.3) is 0 Å². The predicted octanol–water partition coefficient (Wildman–Crippen LogP) is 4.37. The average Bonchev–Trinajstić information content (AvgIpc) is 2.53. The van der Waals surface area contributed by atoms with Gasteiger partial charge in [-0.3, -0.25) is 0 Å². The highest BCUT2D eigenvalue weighted by Crippen LogP contribution is 2.26. The van der Waals surface area contributed by atoms with Gasteiger partial charge in [-0.2, -0.15) is 0 Å². The molecule has 2 aromatic rings. The van der Waals surface area contributed by atoms with Crippen molar-refractivity contribution in [3.63, 3.8) is 0 Å². The smallest absolute Gasteiger partial charge is 0.171 e. The van der Waals surface area contributed by atoms with E-state index in [0.29, 0.717) is 16.6 Å². The fourth-order valence-corrected chi connectivity index (χ4v) is 2.93. The van der Waals surface area contributed by atoms with Gasteiger partial charge in [0, 0.05) is 23.9 Å². The van der Waals surface area contributed by atoms with E-state index in [1.165, 1.54) is 16.7 Å². The number of benzene rings is 2. The second kappa shape index (κ2) is 8.02. The van der Waals surface area contributed by atoms with Gasteiger partial charge >= 0.3 is 0 Å². The van der Waals surface area contributed by atoms with Gasteiger partial charge in [0.1, 0.15) is 11.5 Å². The molecule has 0 bridgehead atoms. The van der Waals surface area contributed by atoms with Crippen molar-refractivity contribution in [2.45, 2.75) is 26.8 Å². The van der Waals surface area contributed by atoms with Crippen molar-refractivity contribution in [3.05, 3.63) is 53.1 Å². The van der Waals surface area contributed by atoms with Gasteiger partial charge in [0.2, 0.25) is 0 Å². The van der Waals surface area contributed by atoms with Crippen LogP contribution in [0, 0.1) is 13.8 Å². The van der Waals surface area contributed by atoms with Crippen molar-refractivity contribution in [1.29, 1.82) is 0 Å². The monoisotopic (exact) mass is 344 g/mol. The van der Waals surface area contributed by atoms with E-state index < -0.39 is 0 Å². The van der Waals surface area contributed by atoms with Crippen LogP contribution in [-0.2, 0) is 0 Å². The predicted molar refractivity (Wildman–Crippen MR) is 103 cm³/mol. The number of methoxy groups -OCH3 is 2. The molecule has 128 valence electrons. The molecule has 4 nitrogen and oxygen atoms in total. The third-order valence-electron chi connectivity index (χ3n) is 3.85. The number of hydrogen-bond donors (Lipinski definition) is 2. The normalized spacial score (nSPS) is 11.5. The molecule has 1 atom stereocenters. The number of ether oxygens (including phenoxy) is 2. The summed E-state index contributed by atoms with van der Waals surface area (Å²) < 4.78 is 10.5. The van der Waals surface area contributed by atoms with Crippen molar-refractivity contribution >= 4 is 23.0 Å². The molecular weight excluding hydrogens is 320 g/mol. The molecule has 2 aromatic carbocycles. The van der Waals surface area contributed by atoms with E-state index in [9.17, 15) is 0 Å². The molecule has 0 spiro atoms. The van der Waals surface area contributed by atoms with Crippen molar-refractivity contribution < 1.29 is 9.47 Å². The molecule has 24 heavy (non-hydrogen) atoms. The molecule has 0 heterocycles. The quantitative estimate of drug-likeness (QED) is 0.789. The number of hydrogen-bond acceptors (Lipinski definition) is 3. The molecule has 0 aromatic heterocycles. The standard InChI is InChI=1S/C19H24N2O2S/c1-12-6-7-18(13(2)8-12)14(3)20-19(24)21-15-9-16(22-4)11-17(10-15)23-5/h6-11,14H,1-5H3,(H2,20,21,24). The summed E-state index contributed by atoms with van der Waals surface area (Å²) in [5.74, 6) is 1.42. The van der Waals surface area contributed by atoms with E-state index in [4.69, 9.17) is 21.7 Å². The Bertz CT molecular complexity index is 709. The van der Waals surface area contributed by atoms with Gasteiger partial charge < -0.3 is 20.1 Å². The molecular formula is C19H24N2O2S. The first-order chi connectivity index (χ1) is 11.4. The summed E-state index contributed by atoms with van der Waals surface area (Å²) >= 11 is 5.44. The van der Waals surface area contributed by atoms with Crippen molar-refractivity contribution in [1.82, 2.24) is 5.32 Å². The van der Waals surface area contributed by atoms with E-state index in [1.54, 1.807) is 14.2 Å². The van der Waals surface area contributed by atoms with Crippen LogP contribution in [-0.4, -0.2) is 19.3 Å². The Morgan fingerprint density at radius 1 is 1.00 bits per heavy atom. The molecule has 0 saturated carbocycles. The lowest BCUT2D eigenvalue weighted by Crippen LogP contribution is -2.31.